The zero-order chi connectivity index (χ0) is 26.9. The number of aliphatic hydroxyl groups is 1. The molecule has 0 aromatic carbocycles. The lowest BCUT2D eigenvalue weighted by Crippen LogP contribution is -2.72. The highest BCUT2D eigenvalue weighted by Crippen LogP contribution is 2.78. The first-order chi connectivity index (χ1) is 17.2. The Kier molecular flexibility index (Phi) is 4.87. The van der Waals surface area contributed by atoms with Crippen LogP contribution in [-0.4, -0.2) is 71.7 Å². The van der Waals surface area contributed by atoms with Crippen molar-refractivity contribution in [3.05, 3.63) is 11.6 Å². The molecule has 202 valence electrons. The van der Waals surface area contributed by atoms with E-state index in [-0.39, 0.29) is 42.0 Å². The van der Waals surface area contributed by atoms with Gasteiger partial charge in [0, 0.05) is 23.2 Å². The lowest BCUT2D eigenvalue weighted by molar-refractivity contribution is -0.205. The van der Waals surface area contributed by atoms with Gasteiger partial charge in [-0.15, -0.1) is 0 Å². The number of ether oxygens (including phenoxy) is 5. The van der Waals surface area contributed by atoms with Gasteiger partial charge in [0.2, 0.25) is 6.29 Å². The van der Waals surface area contributed by atoms with Crippen LogP contribution in [0.4, 0.5) is 0 Å². The molecule has 6 rings (SSSR count). The van der Waals surface area contributed by atoms with Gasteiger partial charge in [0.15, 0.2) is 6.10 Å². The Labute approximate surface area is 215 Å². The molecule has 37 heavy (non-hydrogen) atoms. The molecule has 10 heteroatoms. The van der Waals surface area contributed by atoms with Crippen LogP contribution >= 0.6 is 0 Å². The van der Waals surface area contributed by atoms with Crippen molar-refractivity contribution in [3.8, 4) is 0 Å². The number of carbonyl (C=O) groups excluding carboxylic acids is 4. The van der Waals surface area contributed by atoms with Gasteiger partial charge < -0.3 is 28.8 Å². The van der Waals surface area contributed by atoms with E-state index in [1.165, 1.54) is 13.2 Å². The molecule has 2 saturated carbocycles. The molecule has 0 amide bonds. The Morgan fingerprint density at radius 1 is 1.05 bits per heavy atom. The number of rotatable bonds is 3. The molecular weight excluding hydrogens is 484 g/mol. The Balaban J connectivity index is 1.48. The Morgan fingerprint density at radius 2 is 1.76 bits per heavy atom. The van der Waals surface area contributed by atoms with Gasteiger partial charge in [0.25, 0.3) is 0 Å². The van der Waals surface area contributed by atoms with Crippen molar-refractivity contribution in [2.45, 2.75) is 96.1 Å². The second-order valence-electron chi connectivity index (χ2n) is 12.7. The number of esters is 3. The van der Waals surface area contributed by atoms with Crippen LogP contribution in [0.15, 0.2) is 11.6 Å². The van der Waals surface area contributed by atoms with E-state index in [0.29, 0.717) is 12.8 Å². The van der Waals surface area contributed by atoms with Gasteiger partial charge >= 0.3 is 17.9 Å². The molecule has 5 fully saturated rings. The van der Waals surface area contributed by atoms with E-state index in [2.05, 4.69) is 6.92 Å². The number of hydrogen-bond donors (Lipinski definition) is 1. The molecule has 10 atom stereocenters. The SMILES string of the molecule is COC(=O)C[C@H]1OC(C)(C)[C@@H]2CC(=O)[C@]3(C)[C@H](CC[C@@]4(C)[C@H](C5=C[C@H](O)OC5=O)OC(=O)[C@H]5O[C@]543)[C@@]12C. The summed E-state index contributed by atoms with van der Waals surface area (Å²) in [5, 5.41) is 9.91. The van der Waals surface area contributed by atoms with Gasteiger partial charge in [0.05, 0.1) is 36.2 Å². The van der Waals surface area contributed by atoms with Crippen LogP contribution < -0.4 is 0 Å². The van der Waals surface area contributed by atoms with Crippen LogP contribution in [0.5, 0.6) is 0 Å². The van der Waals surface area contributed by atoms with E-state index in [0.717, 1.165) is 0 Å². The summed E-state index contributed by atoms with van der Waals surface area (Å²) >= 11 is 0. The van der Waals surface area contributed by atoms with E-state index >= 15 is 0 Å². The third-order valence-electron chi connectivity index (χ3n) is 11.0. The third-order valence-corrected chi connectivity index (χ3v) is 11.0. The molecule has 1 N–H and O–H groups in total. The van der Waals surface area contributed by atoms with Crippen molar-refractivity contribution in [1.29, 1.82) is 0 Å². The summed E-state index contributed by atoms with van der Waals surface area (Å²) in [6.45, 7) is 9.79. The predicted molar refractivity (Wildman–Crippen MR) is 123 cm³/mol. The van der Waals surface area contributed by atoms with Crippen LogP contribution in [0.2, 0.25) is 0 Å². The molecule has 4 aliphatic heterocycles. The van der Waals surface area contributed by atoms with Crippen molar-refractivity contribution < 1.29 is 48.0 Å². The maximum Gasteiger partial charge on any atom is 0.340 e. The quantitative estimate of drug-likeness (QED) is 0.333. The summed E-state index contributed by atoms with van der Waals surface area (Å²) in [4.78, 5) is 52.4. The summed E-state index contributed by atoms with van der Waals surface area (Å²) in [5.74, 6) is -2.19. The average Bonchev–Trinajstić information content (AvgIpc) is 3.47. The van der Waals surface area contributed by atoms with Crippen molar-refractivity contribution in [2.24, 2.45) is 28.1 Å². The molecule has 6 aliphatic rings. The van der Waals surface area contributed by atoms with Gasteiger partial charge in [-0.3, -0.25) is 9.59 Å². The topological polar surface area (TPSA) is 138 Å². The number of cyclic esters (lactones) is 2. The number of Topliss-reactive ketones (excluding diaryl/α,β-unsaturated/α-hetero) is 1. The zero-order valence-corrected chi connectivity index (χ0v) is 22.0. The van der Waals surface area contributed by atoms with Crippen molar-refractivity contribution in [1.82, 2.24) is 0 Å². The van der Waals surface area contributed by atoms with Crippen LogP contribution in [0, 0.1) is 28.1 Å². The highest BCUT2D eigenvalue weighted by molar-refractivity contribution is 5.96. The summed E-state index contributed by atoms with van der Waals surface area (Å²) in [6, 6.07) is 0. The lowest BCUT2D eigenvalue weighted by atomic mass is 9.37. The number of aliphatic hydroxyl groups excluding tert-OH is 1. The number of fused-ring (bicyclic) bond motifs is 3. The molecule has 0 radical (unpaired) electrons. The lowest BCUT2D eigenvalue weighted by Gasteiger charge is -2.64. The molecule has 10 nitrogen and oxygen atoms in total. The molecule has 1 spiro atoms. The molecule has 3 saturated heterocycles. The zero-order valence-electron chi connectivity index (χ0n) is 22.0. The predicted octanol–water partition coefficient (Wildman–Crippen LogP) is 1.61. The highest BCUT2D eigenvalue weighted by Gasteiger charge is 2.89. The number of carbonyl (C=O) groups is 4. The summed E-state index contributed by atoms with van der Waals surface area (Å²) in [5.41, 5.74) is -4.38. The summed E-state index contributed by atoms with van der Waals surface area (Å²) in [6.07, 6.45) is -1.28. The number of epoxide rings is 1. The second kappa shape index (κ2) is 7.21. The first-order valence-electron chi connectivity index (χ1n) is 13.0. The minimum atomic E-state index is -1.42. The van der Waals surface area contributed by atoms with E-state index in [4.69, 9.17) is 23.7 Å². The van der Waals surface area contributed by atoms with Crippen molar-refractivity contribution in [2.75, 3.05) is 7.11 Å². The highest BCUT2D eigenvalue weighted by atomic mass is 16.7. The number of methoxy groups -OCH3 is 1. The van der Waals surface area contributed by atoms with E-state index in [1.807, 2.05) is 27.7 Å². The Morgan fingerprint density at radius 3 is 2.38 bits per heavy atom. The normalized spacial score (nSPS) is 51.1. The maximum atomic E-state index is 14.3. The molecule has 2 aliphatic carbocycles. The molecule has 4 heterocycles. The van der Waals surface area contributed by atoms with Crippen molar-refractivity contribution in [3.63, 3.8) is 0 Å². The smallest absolute Gasteiger partial charge is 0.340 e. The van der Waals surface area contributed by atoms with Gasteiger partial charge in [-0.25, -0.2) is 9.59 Å². The van der Waals surface area contributed by atoms with Crippen molar-refractivity contribution >= 4 is 23.7 Å². The maximum absolute atomic E-state index is 14.3. The van der Waals surface area contributed by atoms with Crippen LogP contribution in [0.25, 0.3) is 0 Å². The van der Waals surface area contributed by atoms with Gasteiger partial charge in [-0.05, 0) is 45.6 Å². The number of hydrogen-bond acceptors (Lipinski definition) is 10. The van der Waals surface area contributed by atoms with E-state index in [1.54, 1.807) is 0 Å². The van der Waals surface area contributed by atoms with E-state index < -0.39 is 64.0 Å². The van der Waals surface area contributed by atoms with Gasteiger partial charge in [0.1, 0.15) is 17.5 Å². The van der Waals surface area contributed by atoms with Crippen LogP contribution in [0.3, 0.4) is 0 Å². The molecule has 0 aromatic rings. The molecule has 0 aromatic heterocycles. The average molecular weight is 519 g/mol. The first-order valence-corrected chi connectivity index (χ1v) is 13.0. The fourth-order valence-corrected chi connectivity index (χ4v) is 9.34. The fraction of sp³-hybridized carbons (Fsp3) is 0.778. The van der Waals surface area contributed by atoms with Gasteiger partial charge in [-0.1, -0.05) is 13.8 Å². The van der Waals surface area contributed by atoms with Gasteiger partial charge in [-0.2, -0.15) is 0 Å². The third kappa shape index (κ3) is 2.71. The van der Waals surface area contributed by atoms with Crippen LogP contribution in [0.1, 0.15) is 60.3 Å². The fourth-order valence-electron chi connectivity index (χ4n) is 9.34. The standard InChI is InChI=1S/C27H34O10/c1-23(2)14-10-15(28)26(5)13(25(14,4)16(36-23)11-17(29)33-6)7-8-24(3)19(12-9-18(30)34-21(12)31)35-22(32)20-27(24,26)37-20/h9,13-14,16,18-20,30H,7-8,10-11H2,1-6H3/t13-,14+,16-,18-,19+,20-,24+,25-,26+,27-/m1/s1. The Bertz CT molecular complexity index is 1160. The molecular formula is C27H34O10. The summed E-state index contributed by atoms with van der Waals surface area (Å²) in [7, 11) is 1.35. The molecule has 0 bridgehead atoms. The minimum Gasteiger partial charge on any atom is -0.469 e. The molecule has 0 unspecified atom stereocenters. The Hall–Kier alpha value is -2.30. The second-order valence-corrected chi connectivity index (χ2v) is 12.7. The van der Waals surface area contributed by atoms with Crippen LogP contribution in [-0.2, 0) is 42.9 Å². The van der Waals surface area contributed by atoms with E-state index in [9.17, 15) is 24.3 Å². The monoisotopic (exact) mass is 518 g/mol. The summed E-state index contributed by atoms with van der Waals surface area (Å²) < 4.78 is 28.4. The minimum absolute atomic E-state index is 0.0137. The first kappa shape index (κ1) is 25.0. The largest absolute Gasteiger partial charge is 0.469 e. The number of ketones is 1.